The number of nitrogens with zero attached hydrogens (tertiary/aromatic N) is 1. The lowest BCUT2D eigenvalue weighted by Gasteiger charge is -2.11. The Morgan fingerprint density at radius 3 is 2.82 bits per heavy atom. The van der Waals surface area contributed by atoms with Gasteiger partial charge in [-0.25, -0.2) is 0 Å². The highest BCUT2D eigenvalue weighted by atomic mass is 16.2. The molecule has 0 saturated carbocycles. The average Bonchev–Trinajstić information content (AvgIpc) is 2.50. The lowest BCUT2D eigenvalue weighted by atomic mass is 10.1. The van der Waals surface area contributed by atoms with Crippen molar-refractivity contribution in [2.75, 3.05) is 13.1 Å². The molecule has 1 saturated heterocycles. The van der Waals surface area contributed by atoms with E-state index in [1.807, 2.05) is 0 Å². The molecule has 0 aromatic carbocycles. The minimum Gasteiger partial charge on any atom is -0.338 e. The van der Waals surface area contributed by atoms with Gasteiger partial charge >= 0.3 is 0 Å². The molecule has 1 atom stereocenters. The zero-order valence-corrected chi connectivity index (χ0v) is 6.32. The Balaban J connectivity index is 2.47. The molecule has 1 heterocycles. The number of rotatable bonds is 2. The van der Waals surface area contributed by atoms with Gasteiger partial charge in [-0.2, -0.15) is 0 Å². The van der Waals surface area contributed by atoms with E-state index in [1.165, 1.54) is 6.08 Å². The molecule has 1 aliphatic rings. The quantitative estimate of drug-likeness (QED) is 0.420. The van der Waals surface area contributed by atoms with E-state index >= 15 is 0 Å². The van der Waals surface area contributed by atoms with Crippen molar-refractivity contribution in [2.45, 2.75) is 6.42 Å². The number of carbonyl (C=O) groups excluding carboxylic acids is 2. The lowest BCUT2D eigenvalue weighted by molar-refractivity contribution is -0.125. The van der Waals surface area contributed by atoms with Crippen molar-refractivity contribution in [1.29, 1.82) is 0 Å². The van der Waals surface area contributed by atoms with Gasteiger partial charge in [-0.05, 0) is 12.5 Å². The lowest BCUT2D eigenvalue weighted by Crippen LogP contribution is -2.26. The maximum atomic E-state index is 11.0. The molecule has 0 radical (unpaired) electrons. The van der Waals surface area contributed by atoms with E-state index in [9.17, 15) is 9.59 Å². The van der Waals surface area contributed by atoms with E-state index in [4.69, 9.17) is 0 Å². The summed E-state index contributed by atoms with van der Waals surface area (Å²) in [6.45, 7) is 4.63. The Labute approximate surface area is 65.7 Å². The summed E-state index contributed by atoms with van der Waals surface area (Å²) in [7, 11) is 0. The summed E-state index contributed by atoms with van der Waals surface area (Å²) in [5.74, 6) is -0.0340. The van der Waals surface area contributed by atoms with Crippen LogP contribution in [0.25, 0.3) is 0 Å². The van der Waals surface area contributed by atoms with Gasteiger partial charge in [0.15, 0.2) is 0 Å². The summed E-state index contributed by atoms with van der Waals surface area (Å²) in [6, 6.07) is 0. The number of carbonyl (C=O) groups is 2. The zero-order valence-electron chi connectivity index (χ0n) is 6.32. The molecule has 3 heteroatoms. The van der Waals surface area contributed by atoms with E-state index in [1.54, 1.807) is 4.90 Å². The topological polar surface area (TPSA) is 37.4 Å². The van der Waals surface area contributed by atoms with Crippen LogP contribution in [0.3, 0.4) is 0 Å². The van der Waals surface area contributed by atoms with Gasteiger partial charge < -0.3 is 9.69 Å². The molecular formula is C8H11NO2. The fourth-order valence-electron chi connectivity index (χ4n) is 1.23. The number of amides is 1. The largest absolute Gasteiger partial charge is 0.338 e. The molecule has 1 rings (SSSR count). The number of hydrogen-bond acceptors (Lipinski definition) is 2. The summed E-state index contributed by atoms with van der Waals surface area (Å²) >= 11 is 0. The fourth-order valence-corrected chi connectivity index (χ4v) is 1.23. The first-order valence-corrected chi connectivity index (χ1v) is 3.64. The van der Waals surface area contributed by atoms with Gasteiger partial charge in [-0.1, -0.05) is 6.58 Å². The van der Waals surface area contributed by atoms with Crippen LogP contribution in [0.4, 0.5) is 0 Å². The second kappa shape index (κ2) is 3.32. The van der Waals surface area contributed by atoms with E-state index in [-0.39, 0.29) is 11.8 Å². The van der Waals surface area contributed by atoms with Gasteiger partial charge in [0.1, 0.15) is 6.29 Å². The Bertz CT molecular complexity index is 189. The molecule has 3 nitrogen and oxygen atoms in total. The second-order valence-corrected chi connectivity index (χ2v) is 2.67. The molecule has 0 bridgehead atoms. The molecular weight excluding hydrogens is 142 g/mol. The highest BCUT2D eigenvalue weighted by molar-refractivity contribution is 5.87. The normalized spacial score (nSPS) is 23.3. The summed E-state index contributed by atoms with van der Waals surface area (Å²) < 4.78 is 0. The van der Waals surface area contributed by atoms with Gasteiger partial charge in [0.05, 0.1) is 0 Å². The predicted octanol–water partition coefficient (Wildman–Crippen LogP) is 0.220. The van der Waals surface area contributed by atoms with E-state index in [2.05, 4.69) is 6.58 Å². The molecule has 0 aromatic rings. The van der Waals surface area contributed by atoms with Crippen LogP contribution in [0.5, 0.6) is 0 Å². The van der Waals surface area contributed by atoms with Crippen LogP contribution in [0, 0.1) is 5.92 Å². The van der Waals surface area contributed by atoms with Crippen LogP contribution >= 0.6 is 0 Å². The van der Waals surface area contributed by atoms with Crippen molar-refractivity contribution < 1.29 is 9.59 Å². The van der Waals surface area contributed by atoms with E-state index in [0.29, 0.717) is 13.1 Å². The molecule has 60 valence electrons. The first-order chi connectivity index (χ1) is 5.27. The summed E-state index contributed by atoms with van der Waals surface area (Å²) in [5, 5.41) is 0. The van der Waals surface area contributed by atoms with E-state index in [0.717, 1.165) is 12.7 Å². The summed E-state index contributed by atoms with van der Waals surface area (Å²) in [5.41, 5.74) is 0. The Morgan fingerprint density at radius 2 is 2.36 bits per heavy atom. The van der Waals surface area contributed by atoms with Crippen molar-refractivity contribution in [3.63, 3.8) is 0 Å². The molecule has 1 fully saturated rings. The summed E-state index contributed by atoms with van der Waals surface area (Å²) in [6.07, 6.45) is 2.99. The van der Waals surface area contributed by atoms with Crippen LogP contribution in [-0.2, 0) is 9.59 Å². The Kier molecular flexibility index (Phi) is 2.41. The third kappa shape index (κ3) is 1.67. The fraction of sp³-hybridized carbons (Fsp3) is 0.500. The average molecular weight is 153 g/mol. The van der Waals surface area contributed by atoms with Crippen molar-refractivity contribution in [3.8, 4) is 0 Å². The van der Waals surface area contributed by atoms with Gasteiger partial charge in [0, 0.05) is 19.0 Å². The zero-order chi connectivity index (χ0) is 8.27. The smallest absolute Gasteiger partial charge is 0.245 e. The van der Waals surface area contributed by atoms with E-state index < -0.39 is 0 Å². The SMILES string of the molecule is C=CC(=O)N1CC[C@H](C=O)C1. The highest BCUT2D eigenvalue weighted by Crippen LogP contribution is 2.13. The number of hydrogen-bond donors (Lipinski definition) is 0. The van der Waals surface area contributed by atoms with Crippen molar-refractivity contribution in [3.05, 3.63) is 12.7 Å². The minimum absolute atomic E-state index is 0.0406. The third-order valence-corrected chi connectivity index (χ3v) is 1.90. The van der Waals surface area contributed by atoms with Crippen molar-refractivity contribution >= 4 is 12.2 Å². The first kappa shape index (κ1) is 7.98. The summed E-state index contributed by atoms with van der Waals surface area (Å²) in [4.78, 5) is 22.9. The second-order valence-electron chi connectivity index (χ2n) is 2.67. The van der Waals surface area contributed by atoms with Crippen LogP contribution < -0.4 is 0 Å². The van der Waals surface area contributed by atoms with Crippen LogP contribution in [0.2, 0.25) is 0 Å². The van der Waals surface area contributed by atoms with Crippen LogP contribution in [0.15, 0.2) is 12.7 Å². The molecule has 0 spiro atoms. The maximum absolute atomic E-state index is 11.0. The van der Waals surface area contributed by atoms with Crippen molar-refractivity contribution in [2.24, 2.45) is 5.92 Å². The first-order valence-electron chi connectivity index (χ1n) is 3.64. The Morgan fingerprint density at radius 1 is 1.64 bits per heavy atom. The standard InChI is InChI=1S/C8H11NO2/c1-2-8(11)9-4-3-7(5-9)6-10/h2,6-7H,1,3-5H2/t7-/m0/s1. The molecule has 1 aliphatic heterocycles. The van der Waals surface area contributed by atoms with Crippen LogP contribution in [0.1, 0.15) is 6.42 Å². The monoisotopic (exact) mass is 153 g/mol. The molecule has 0 N–H and O–H groups in total. The molecule has 0 aromatic heterocycles. The number of likely N-dealkylation sites (tertiary alicyclic amines) is 1. The highest BCUT2D eigenvalue weighted by Gasteiger charge is 2.23. The van der Waals surface area contributed by atoms with Gasteiger partial charge in [-0.3, -0.25) is 4.79 Å². The predicted molar refractivity (Wildman–Crippen MR) is 40.9 cm³/mol. The molecule has 11 heavy (non-hydrogen) atoms. The molecule has 0 unspecified atom stereocenters. The molecule has 0 aliphatic carbocycles. The van der Waals surface area contributed by atoms with Gasteiger partial charge in [0.2, 0.25) is 5.91 Å². The van der Waals surface area contributed by atoms with Crippen LogP contribution in [-0.4, -0.2) is 30.2 Å². The minimum atomic E-state index is -0.0747. The molecule has 1 amide bonds. The van der Waals surface area contributed by atoms with Gasteiger partial charge in [0.25, 0.3) is 0 Å². The Hall–Kier alpha value is -1.12. The maximum Gasteiger partial charge on any atom is 0.245 e. The van der Waals surface area contributed by atoms with Gasteiger partial charge in [-0.15, -0.1) is 0 Å². The van der Waals surface area contributed by atoms with Crippen molar-refractivity contribution in [1.82, 2.24) is 4.90 Å². The third-order valence-electron chi connectivity index (χ3n) is 1.90. The number of aldehydes is 1.